The first kappa shape index (κ1) is 15.6. The van der Waals surface area contributed by atoms with Crippen LogP contribution in [0.1, 0.15) is 11.5 Å². The highest BCUT2D eigenvalue weighted by atomic mass is 79.9. The summed E-state index contributed by atoms with van der Waals surface area (Å²) < 4.78 is 8.32. The number of anilines is 1. The Morgan fingerprint density at radius 2 is 2.04 bits per heavy atom. The van der Waals surface area contributed by atoms with E-state index in [0.29, 0.717) is 27.3 Å². The molecule has 8 nitrogen and oxygen atoms in total. The van der Waals surface area contributed by atoms with Crippen molar-refractivity contribution < 1.29 is 4.42 Å². The molecule has 1 aromatic carbocycles. The summed E-state index contributed by atoms with van der Waals surface area (Å²) in [7, 11) is 0. The summed E-state index contributed by atoms with van der Waals surface area (Å²) in [6.45, 7) is 1.97. The molecule has 0 saturated carbocycles. The second-order valence-corrected chi connectivity index (χ2v) is 6.25. The molecule has 0 spiro atoms. The highest BCUT2D eigenvalue weighted by Crippen LogP contribution is 2.29. The van der Waals surface area contributed by atoms with Gasteiger partial charge in [-0.25, -0.2) is 23.8 Å². The Morgan fingerprint density at radius 1 is 1.28 bits per heavy atom. The van der Waals surface area contributed by atoms with E-state index in [4.69, 9.17) is 10.2 Å². The lowest BCUT2D eigenvalue weighted by Crippen LogP contribution is -2.24. The van der Waals surface area contributed by atoms with Gasteiger partial charge in [0.15, 0.2) is 12.0 Å². The molecule has 0 bridgehead atoms. The summed E-state index contributed by atoms with van der Waals surface area (Å²) in [6.07, 6.45) is 1.34. The monoisotopic (exact) mass is 400 g/mol. The van der Waals surface area contributed by atoms with Gasteiger partial charge in [-0.15, -0.1) is 5.10 Å². The van der Waals surface area contributed by atoms with Crippen LogP contribution in [0.5, 0.6) is 0 Å². The molecular weight excluding hydrogens is 388 g/mol. The van der Waals surface area contributed by atoms with Crippen molar-refractivity contribution in [3.8, 4) is 11.3 Å². The minimum absolute atomic E-state index is 0.0742. The van der Waals surface area contributed by atoms with Gasteiger partial charge in [0.25, 0.3) is 0 Å². The Bertz CT molecular complexity index is 1130. The molecule has 0 saturated heterocycles. The smallest absolute Gasteiger partial charge is 0.353 e. The first-order chi connectivity index (χ1) is 12.1. The summed E-state index contributed by atoms with van der Waals surface area (Å²) in [5.41, 5.74) is 8.17. The Morgan fingerprint density at radius 3 is 2.72 bits per heavy atom. The molecule has 126 valence electrons. The average molecular weight is 401 g/mol. The minimum Gasteiger partial charge on any atom is -0.448 e. The van der Waals surface area contributed by atoms with Crippen molar-refractivity contribution >= 4 is 27.5 Å². The fraction of sp³-hybridized carbons (Fsp3) is 0.125. The van der Waals surface area contributed by atoms with Crippen LogP contribution < -0.4 is 11.4 Å². The van der Waals surface area contributed by atoms with Crippen LogP contribution in [0.3, 0.4) is 0 Å². The van der Waals surface area contributed by atoms with Crippen molar-refractivity contribution in [3.63, 3.8) is 0 Å². The van der Waals surface area contributed by atoms with Gasteiger partial charge in [0.1, 0.15) is 11.5 Å². The van der Waals surface area contributed by atoms with E-state index in [2.05, 4.69) is 31.0 Å². The van der Waals surface area contributed by atoms with E-state index in [1.54, 1.807) is 6.92 Å². The second-order valence-electron chi connectivity index (χ2n) is 5.45. The normalized spacial score (nSPS) is 11.3. The first-order valence-corrected chi connectivity index (χ1v) is 8.24. The zero-order chi connectivity index (χ0) is 17.6. The van der Waals surface area contributed by atoms with E-state index in [1.165, 1.54) is 15.5 Å². The maximum Gasteiger partial charge on any atom is 0.353 e. The van der Waals surface area contributed by atoms with Crippen LogP contribution in [0.4, 0.5) is 5.95 Å². The molecule has 0 atom stereocenters. The molecule has 4 aromatic rings. The summed E-state index contributed by atoms with van der Waals surface area (Å²) in [5.74, 6) is 0.712. The number of fused-ring (bicyclic) bond motifs is 1. The molecule has 4 rings (SSSR count). The average Bonchev–Trinajstić information content (AvgIpc) is 3.17. The van der Waals surface area contributed by atoms with Crippen molar-refractivity contribution in [1.82, 2.24) is 24.1 Å². The third kappa shape index (κ3) is 2.52. The van der Waals surface area contributed by atoms with E-state index >= 15 is 0 Å². The lowest BCUT2D eigenvalue weighted by molar-refractivity contribution is 0.521. The largest absolute Gasteiger partial charge is 0.448 e. The number of hydrogen-bond donors (Lipinski definition) is 1. The highest BCUT2D eigenvalue weighted by Gasteiger charge is 2.19. The number of aromatic nitrogens is 5. The molecule has 0 aliphatic rings. The SMILES string of the molecule is Cc1ocnc1Cn1nc2c(Br)c(-c3ccccc3)nc(N)n2c1=O. The van der Waals surface area contributed by atoms with Crippen molar-refractivity contribution in [2.45, 2.75) is 13.5 Å². The topological polar surface area (TPSA) is 104 Å². The number of nitrogen functional groups attached to an aromatic ring is 1. The van der Waals surface area contributed by atoms with Crippen molar-refractivity contribution in [3.05, 3.63) is 63.1 Å². The molecule has 0 aliphatic heterocycles. The third-order valence-electron chi connectivity index (χ3n) is 3.89. The second kappa shape index (κ2) is 5.85. The summed E-state index contributed by atoms with van der Waals surface area (Å²) in [6, 6.07) is 9.55. The van der Waals surface area contributed by atoms with Crippen LogP contribution in [0.2, 0.25) is 0 Å². The van der Waals surface area contributed by atoms with Gasteiger partial charge in [-0.05, 0) is 22.9 Å². The fourth-order valence-corrected chi connectivity index (χ4v) is 3.16. The number of nitrogens with two attached hydrogens (primary N) is 1. The zero-order valence-electron chi connectivity index (χ0n) is 13.2. The minimum atomic E-state index is -0.386. The van der Waals surface area contributed by atoms with Crippen LogP contribution in [0.15, 0.2) is 50.4 Å². The van der Waals surface area contributed by atoms with E-state index in [1.807, 2.05) is 30.3 Å². The standard InChI is InChI=1S/C16H13BrN6O2/c1-9-11(19-8-25-9)7-22-16(24)23-14(21-22)12(17)13(20-15(23)18)10-5-3-2-4-6-10/h2-6,8H,7H2,1H3,(H2,18,20). The first-order valence-electron chi connectivity index (χ1n) is 7.45. The van der Waals surface area contributed by atoms with E-state index in [9.17, 15) is 4.79 Å². The Hall–Kier alpha value is -2.94. The molecular formula is C16H13BrN6O2. The number of oxazole rings is 1. The van der Waals surface area contributed by atoms with Crippen LogP contribution in [0.25, 0.3) is 16.9 Å². The highest BCUT2D eigenvalue weighted by molar-refractivity contribution is 9.10. The molecule has 2 N–H and O–H groups in total. The predicted octanol–water partition coefficient (Wildman–Crippen LogP) is 2.25. The number of halogens is 1. The van der Waals surface area contributed by atoms with Crippen molar-refractivity contribution in [2.75, 3.05) is 5.73 Å². The predicted molar refractivity (Wildman–Crippen MR) is 95.1 cm³/mol. The fourth-order valence-electron chi connectivity index (χ4n) is 2.59. The summed E-state index contributed by atoms with van der Waals surface area (Å²) in [5, 5.41) is 4.39. The number of hydrogen-bond acceptors (Lipinski definition) is 6. The lowest BCUT2D eigenvalue weighted by atomic mass is 10.1. The molecule has 0 radical (unpaired) electrons. The Labute approximate surface area is 150 Å². The van der Waals surface area contributed by atoms with Gasteiger partial charge < -0.3 is 10.2 Å². The van der Waals surface area contributed by atoms with Gasteiger partial charge in [-0.2, -0.15) is 0 Å². The molecule has 3 heterocycles. The van der Waals surface area contributed by atoms with Gasteiger partial charge in [0.05, 0.1) is 16.7 Å². The van der Waals surface area contributed by atoms with E-state index in [-0.39, 0.29) is 18.2 Å². The van der Waals surface area contributed by atoms with Crippen LogP contribution in [-0.4, -0.2) is 24.1 Å². The van der Waals surface area contributed by atoms with E-state index in [0.717, 1.165) is 5.56 Å². The number of nitrogens with zero attached hydrogens (tertiary/aromatic N) is 5. The maximum absolute atomic E-state index is 12.7. The van der Waals surface area contributed by atoms with Gasteiger partial charge in [-0.3, -0.25) is 0 Å². The molecule has 0 amide bonds. The third-order valence-corrected chi connectivity index (χ3v) is 4.62. The van der Waals surface area contributed by atoms with Gasteiger partial charge >= 0.3 is 5.69 Å². The molecule has 0 fully saturated rings. The molecule has 25 heavy (non-hydrogen) atoms. The van der Waals surface area contributed by atoms with Crippen LogP contribution >= 0.6 is 15.9 Å². The van der Waals surface area contributed by atoms with Gasteiger partial charge in [0, 0.05) is 5.56 Å². The maximum atomic E-state index is 12.7. The zero-order valence-corrected chi connectivity index (χ0v) is 14.8. The van der Waals surface area contributed by atoms with Crippen LogP contribution in [-0.2, 0) is 6.54 Å². The summed E-state index contributed by atoms with van der Waals surface area (Å²) >= 11 is 3.50. The number of rotatable bonds is 3. The molecule has 0 aliphatic carbocycles. The lowest BCUT2D eigenvalue weighted by Gasteiger charge is -2.06. The molecule has 3 aromatic heterocycles. The van der Waals surface area contributed by atoms with E-state index < -0.39 is 0 Å². The number of benzene rings is 1. The molecule has 0 unspecified atom stereocenters. The quantitative estimate of drug-likeness (QED) is 0.565. The summed E-state index contributed by atoms with van der Waals surface area (Å²) in [4.78, 5) is 21.1. The Kier molecular flexibility index (Phi) is 3.65. The molecule has 9 heteroatoms. The van der Waals surface area contributed by atoms with Crippen molar-refractivity contribution in [1.29, 1.82) is 0 Å². The number of aryl methyl sites for hydroxylation is 1. The van der Waals surface area contributed by atoms with Crippen LogP contribution in [0, 0.1) is 6.92 Å². The van der Waals surface area contributed by atoms with Crippen molar-refractivity contribution in [2.24, 2.45) is 0 Å². The van der Waals surface area contributed by atoms with Gasteiger partial charge in [0.2, 0.25) is 5.95 Å². The van der Waals surface area contributed by atoms with Gasteiger partial charge in [-0.1, -0.05) is 30.3 Å². The Balaban J connectivity index is 1.91.